The Hall–Kier alpha value is -2.73. The molecular formula is C23H31N3O3. The number of ether oxygens (including phenoxy) is 3. The molecule has 156 valence electrons. The maximum absolute atomic E-state index is 5.86. The van der Waals surface area contributed by atoms with Gasteiger partial charge in [-0.1, -0.05) is 24.3 Å². The fraction of sp³-hybridized carbons (Fsp3) is 0.435. The van der Waals surface area contributed by atoms with Crippen molar-refractivity contribution in [2.24, 2.45) is 4.99 Å². The van der Waals surface area contributed by atoms with Crippen LogP contribution in [0, 0.1) is 6.92 Å². The lowest BCUT2D eigenvalue weighted by atomic mass is 10.1. The van der Waals surface area contributed by atoms with E-state index in [-0.39, 0.29) is 0 Å². The summed E-state index contributed by atoms with van der Waals surface area (Å²) in [5, 5.41) is 6.76. The summed E-state index contributed by atoms with van der Waals surface area (Å²) in [6.07, 6.45) is 1.94. The summed E-state index contributed by atoms with van der Waals surface area (Å²) < 4.78 is 16.5. The molecule has 2 aromatic rings. The van der Waals surface area contributed by atoms with Crippen molar-refractivity contribution in [3.63, 3.8) is 0 Å². The lowest BCUT2D eigenvalue weighted by molar-refractivity contribution is 0.145. The predicted molar refractivity (Wildman–Crippen MR) is 116 cm³/mol. The molecule has 1 aliphatic rings. The lowest BCUT2D eigenvalue weighted by Gasteiger charge is -2.15. The highest BCUT2D eigenvalue weighted by Crippen LogP contribution is 2.26. The second kappa shape index (κ2) is 10.7. The van der Waals surface area contributed by atoms with Crippen LogP contribution < -0.4 is 20.1 Å². The van der Waals surface area contributed by atoms with E-state index in [1.165, 1.54) is 16.7 Å². The van der Waals surface area contributed by atoms with Crippen molar-refractivity contribution in [3.05, 3.63) is 58.7 Å². The number of rotatable bonds is 9. The Morgan fingerprint density at radius 2 is 2.03 bits per heavy atom. The summed E-state index contributed by atoms with van der Waals surface area (Å²) in [6.45, 7) is 5.41. The zero-order valence-electron chi connectivity index (χ0n) is 17.6. The number of nitrogens with zero attached hydrogens (tertiary/aromatic N) is 1. The molecule has 0 amide bonds. The molecule has 3 rings (SSSR count). The van der Waals surface area contributed by atoms with Crippen LogP contribution in [0.15, 0.2) is 41.4 Å². The number of fused-ring (bicyclic) bond motifs is 1. The fourth-order valence-corrected chi connectivity index (χ4v) is 3.30. The average Bonchev–Trinajstić information content (AvgIpc) is 3.19. The van der Waals surface area contributed by atoms with E-state index in [9.17, 15) is 0 Å². The molecule has 0 radical (unpaired) electrons. The molecule has 1 aliphatic heterocycles. The summed E-state index contributed by atoms with van der Waals surface area (Å²) in [5.41, 5.74) is 4.88. The van der Waals surface area contributed by atoms with Gasteiger partial charge in [-0.05, 0) is 42.2 Å². The Bertz CT molecular complexity index is 836. The highest BCUT2D eigenvalue weighted by atomic mass is 16.5. The number of hydrogen-bond acceptors (Lipinski definition) is 4. The van der Waals surface area contributed by atoms with Gasteiger partial charge in [0.15, 0.2) is 5.96 Å². The van der Waals surface area contributed by atoms with Crippen LogP contribution in [-0.4, -0.2) is 46.5 Å². The summed E-state index contributed by atoms with van der Waals surface area (Å²) in [4.78, 5) is 4.33. The van der Waals surface area contributed by atoms with Gasteiger partial charge in [-0.25, -0.2) is 0 Å². The molecule has 1 heterocycles. The number of nitrogens with one attached hydrogen (secondary N) is 2. The van der Waals surface area contributed by atoms with Gasteiger partial charge >= 0.3 is 0 Å². The number of methoxy groups -OCH3 is 1. The van der Waals surface area contributed by atoms with Crippen LogP contribution in [0.2, 0.25) is 0 Å². The minimum absolute atomic E-state index is 0.533. The molecular weight excluding hydrogens is 366 g/mol. The molecule has 0 fully saturated rings. The molecule has 0 saturated heterocycles. The van der Waals surface area contributed by atoms with Crippen molar-refractivity contribution < 1.29 is 14.2 Å². The first kappa shape index (κ1) is 21.0. The molecule has 6 nitrogen and oxygen atoms in total. The Morgan fingerprint density at radius 3 is 2.86 bits per heavy atom. The van der Waals surface area contributed by atoms with Crippen LogP contribution in [0.3, 0.4) is 0 Å². The van der Waals surface area contributed by atoms with Crippen molar-refractivity contribution in [1.29, 1.82) is 0 Å². The van der Waals surface area contributed by atoms with E-state index in [1.54, 1.807) is 14.2 Å². The molecule has 0 saturated carbocycles. The maximum Gasteiger partial charge on any atom is 0.191 e. The highest BCUT2D eigenvalue weighted by molar-refractivity contribution is 5.79. The minimum atomic E-state index is 0.533. The average molecular weight is 398 g/mol. The van der Waals surface area contributed by atoms with Crippen molar-refractivity contribution >= 4 is 5.96 Å². The van der Waals surface area contributed by atoms with Gasteiger partial charge in [0.2, 0.25) is 0 Å². The first-order chi connectivity index (χ1) is 14.2. The van der Waals surface area contributed by atoms with Gasteiger partial charge in [-0.3, -0.25) is 4.99 Å². The Morgan fingerprint density at radius 1 is 1.14 bits per heavy atom. The van der Waals surface area contributed by atoms with Crippen molar-refractivity contribution in [2.45, 2.75) is 26.3 Å². The smallest absolute Gasteiger partial charge is 0.191 e. The molecule has 0 aliphatic carbocycles. The maximum atomic E-state index is 5.86. The molecule has 6 heteroatoms. The largest absolute Gasteiger partial charge is 0.493 e. The molecule has 0 bridgehead atoms. The third kappa shape index (κ3) is 6.12. The van der Waals surface area contributed by atoms with E-state index in [0.717, 1.165) is 49.0 Å². The fourth-order valence-electron chi connectivity index (χ4n) is 3.30. The summed E-state index contributed by atoms with van der Waals surface area (Å²) in [5.74, 6) is 2.68. The van der Waals surface area contributed by atoms with Gasteiger partial charge < -0.3 is 24.8 Å². The summed E-state index contributed by atoms with van der Waals surface area (Å²) >= 11 is 0. The van der Waals surface area contributed by atoms with Crippen LogP contribution in [0.25, 0.3) is 0 Å². The monoisotopic (exact) mass is 397 g/mol. The zero-order valence-corrected chi connectivity index (χ0v) is 17.6. The van der Waals surface area contributed by atoms with E-state index in [2.05, 4.69) is 58.9 Å². The van der Waals surface area contributed by atoms with Crippen molar-refractivity contribution in [2.75, 3.05) is 40.5 Å². The third-order valence-electron chi connectivity index (χ3n) is 4.90. The molecule has 2 N–H and O–H groups in total. The van der Waals surface area contributed by atoms with Gasteiger partial charge in [0.1, 0.15) is 18.1 Å². The number of hydrogen-bond donors (Lipinski definition) is 2. The first-order valence-electron chi connectivity index (χ1n) is 10.1. The van der Waals surface area contributed by atoms with E-state index < -0.39 is 0 Å². The van der Waals surface area contributed by atoms with E-state index in [4.69, 9.17) is 14.2 Å². The number of aryl methyl sites for hydroxylation is 1. The van der Waals surface area contributed by atoms with Gasteiger partial charge in [-0.15, -0.1) is 0 Å². The van der Waals surface area contributed by atoms with E-state index in [1.807, 2.05) is 0 Å². The standard InChI is InChI=1S/C23H31N3O3/c1-17-4-6-20(22(14-17)29-13-12-27-3)16-26-23(24-2)25-10-8-18-5-7-21-19(15-18)9-11-28-21/h4-7,14-15H,8-13,16H2,1-3H3,(H2,24,25,26). The van der Waals surface area contributed by atoms with E-state index in [0.29, 0.717) is 19.8 Å². The quantitative estimate of drug-likeness (QED) is 0.387. The van der Waals surface area contributed by atoms with Gasteiger partial charge in [0.25, 0.3) is 0 Å². The second-order valence-corrected chi connectivity index (χ2v) is 7.10. The highest BCUT2D eigenvalue weighted by Gasteiger charge is 2.12. The summed E-state index contributed by atoms with van der Waals surface area (Å²) in [7, 11) is 3.46. The van der Waals surface area contributed by atoms with Gasteiger partial charge in [0, 0.05) is 39.2 Å². The van der Waals surface area contributed by atoms with Crippen LogP contribution in [0.5, 0.6) is 11.5 Å². The van der Waals surface area contributed by atoms with Crippen LogP contribution >= 0.6 is 0 Å². The Labute approximate surface area is 173 Å². The summed E-state index contributed by atoms with van der Waals surface area (Å²) in [6, 6.07) is 12.7. The van der Waals surface area contributed by atoms with Crippen LogP contribution in [0.4, 0.5) is 0 Å². The normalized spacial score (nSPS) is 13.0. The molecule has 29 heavy (non-hydrogen) atoms. The second-order valence-electron chi connectivity index (χ2n) is 7.10. The molecule has 0 spiro atoms. The SMILES string of the molecule is CN=C(NCCc1ccc2c(c1)CCO2)NCc1ccc(C)cc1OCCOC. The minimum Gasteiger partial charge on any atom is -0.493 e. The predicted octanol–water partition coefficient (Wildman–Crippen LogP) is 2.86. The van der Waals surface area contributed by atoms with Crippen LogP contribution in [-0.2, 0) is 24.1 Å². The van der Waals surface area contributed by atoms with Gasteiger partial charge in [0.05, 0.1) is 13.2 Å². The lowest BCUT2D eigenvalue weighted by Crippen LogP contribution is -2.38. The Balaban J connectivity index is 1.49. The van der Waals surface area contributed by atoms with Crippen LogP contribution in [0.1, 0.15) is 22.3 Å². The van der Waals surface area contributed by atoms with Crippen molar-refractivity contribution in [3.8, 4) is 11.5 Å². The topological polar surface area (TPSA) is 64.1 Å². The zero-order chi connectivity index (χ0) is 20.5. The number of guanidine groups is 1. The first-order valence-corrected chi connectivity index (χ1v) is 10.1. The third-order valence-corrected chi connectivity index (χ3v) is 4.90. The number of benzene rings is 2. The molecule has 0 aromatic heterocycles. The Kier molecular flexibility index (Phi) is 7.76. The van der Waals surface area contributed by atoms with Gasteiger partial charge in [-0.2, -0.15) is 0 Å². The molecule has 0 atom stereocenters. The van der Waals surface area contributed by atoms with Crippen molar-refractivity contribution in [1.82, 2.24) is 10.6 Å². The number of aliphatic imine (C=N–C) groups is 1. The molecule has 2 aromatic carbocycles. The molecule has 0 unspecified atom stereocenters. The van der Waals surface area contributed by atoms with E-state index >= 15 is 0 Å².